The van der Waals surface area contributed by atoms with Gasteiger partial charge >= 0.3 is 5.97 Å². The lowest BCUT2D eigenvalue weighted by molar-refractivity contribution is -0.870. The molecule has 0 spiro atoms. The third-order valence-electron chi connectivity index (χ3n) is 2.32. The van der Waals surface area contributed by atoms with E-state index in [-0.39, 0.29) is 53.9 Å². The van der Waals surface area contributed by atoms with Gasteiger partial charge in [-0.2, -0.15) is 0 Å². The van der Waals surface area contributed by atoms with Gasteiger partial charge in [-0.05, 0) is 18.4 Å². The Morgan fingerprint density at radius 2 is 2.00 bits per heavy atom. The molecule has 0 aromatic carbocycles. The Morgan fingerprint density at radius 3 is 2.50 bits per heavy atom. The zero-order chi connectivity index (χ0) is 12.2. The molecule has 0 N–H and O–H groups in total. The van der Waals surface area contributed by atoms with Crippen LogP contribution in [0.15, 0.2) is 23.9 Å². The Kier molecular flexibility index (Phi) is 10.4. The molecule has 0 fully saturated rings. The van der Waals surface area contributed by atoms with Crippen LogP contribution >= 0.6 is 0 Å². The number of rotatable bonds is 4. The third kappa shape index (κ3) is 8.30. The molecule has 1 aliphatic heterocycles. The fraction of sp³-hybridized carbons (Fsp3) is 0.583. The summed E-state index contributed by atoms with van der Waals surface area (Å²) in [6.07, 6.45) is 5.61. The Balaban J connectivity index is 0. The second-order valence-electron chi connectivity index (χ2n) is 5.10. The highest BCUT2D eigenvalue weighted by Crippen LogP contribution is 2.07. The molecule has 6 heteroatoms. The highest BCUT2D eigenvalue weighted by molar-refractivity contribution is 5.89. The van der Waals surface area contributed by atoms with Crippen LogP contribution in [0, 0.1) is 0 Å². The minimum Gasteiger partial charge on any atom is -1.00 e. The minimum atomic E-state index is -0.204. The van der Waals surface area contributed by atoms with E-state index in [1.54, 1.807) is 0 Å². The Hall–Kier alpha value is 0.170. The first-order valence-corrected chi connectivity index (χ1v) is 5.44. The first kappa shape index (κ1) is 20.5. The molecule has 0 saturated carbocycles. The van der Waals surface area contributed by atoms with Crippen LogP contribution < -0.4 is 48.0 Å². The number of likely N-dealkylation sites (N-methyl/N-ethyl adjacent to an activating group) is 2. The van der Waals surface area contributed by atoms with E-state index in [0.29, 0.717) is 18.7 Å². The zero-order valence-corrected chi connectivity index (χ0v) is 15.6. The molecular weight excluding hydrogens is 458 g/mol. The summed E-state index contributed by atoms with van der Waals surface area (Å²) in [7, 11) is 8.15. The van der Waals surface area contributed by atoms with Gasteiger partial charge in [-0.25, -0.2) is 4.79 Å². The summed E-state index contributed by atoms with van der Waals surface area (Å²) < 4.78 is 6.02. The van der Waals surface area contributed by atoms with E-state index in [9.17, 15) is 4.79 Å². The average Bonchev–Trinajstić information content (AvgIpc) is 2.15. The first-order chi connectivity index (χ1) is 7.38. The third-order valence-corrected chi connectivity index (χ3v) is 2.32. The van der Waals surface area contributed by atoms with Gasteiger partial charge in [0.15, 0.2) is 0 Å². The smallest absolute Gasteiger partial charge is 0.336 e. The maximum Gasteiger partial charge on any atom is 0.336 e. The fourth-order valence-corrected chi connectivity index (χ4v) is 1.32. The summed E-state index contributed by atoms with van der Waals surface area (Å²) in [6, 6.07) is 0. The molecule has 0 aromatic heterocycles. The number of esters is 1. The van der Waals surface area contributed by atoms with Crippen molar-refractivity contribution in [1.29, 1.82) is 0 Å². The number of halogens is 2. The molecule has 4 nitrogen and oxygen atoms in total. The molecule has 0 amide bonds. The maximum absolute atomic E-state index is 11.7. The largest absolute Gasteiger partial charge is 1.00 e. The van der Waals surface area contributed by atoms with Crippen molar-refractivity contribution in [3.8, 4) is 0 Å². The molecule has 1 aliphatic rings. The molecule has 0 atom stereocenters. The van der Waals surface area contributed by atoms with Crippen molar-refractivity contribution in [2.24, 2.45) is 0 Å². The summed E-state index contributed by atoms with van der Waals surface area (Å²) in [4.78, 5) is 13.6. The van der Waals surface area contributed by atoms with Gasteiger partial charge in [0.25, 0.3) is 0 Å². The van der Waals surface area contributed by atoms with Gasteiger partial charge in [0.05, 0.1) is 26.7 Å². The predicted octanol–water partition coefficient (Wildman–Crippen LogP) is -5.37. The van der Waals surface area contributed by atoms with Gasteiger partial charge in [0, 0.05) is 13.6 Å². The standard InChI is InChI=1S/C12H21N2O2.2HI/c1-13-7-5-6-11(10-13)12(15)16-9-8-14(2,3)4;;/h5-7H,8-10H2,1-4H3;2*1H/q+1;;/p-2. The van der Waals surface area contributed by atoms with E-state index in [1.165, 1.54) is 0 Å². The SMILES string of the molecule is CN1C=CC=C(C(=O)OCC[N+](C)(C)C)C1.[I-].[I-]. The molecule has 1 rings (SSSR count). The molecule has 0 aliphatic carbocycles. The average molecular weight is 479 g/mol. The summed E-state index contributed by atoms with van der Waals surface area (Å²) in [5.41, 5.74) is 0.714. The maximum atomic E-state index is 11.7. The van der Waals surface area contributed by atoms with E-state index in [4.69, 9.17) is 4.74 Å². The van der Waals surface area contributed by atoms with Crippen LogP contribution in [-0.2, 0) is 9.53 Å². The van der Waals surface area contributed by atoms with Crippen LogP contribution in [0.3, 0.4) is 0 Å². The van der Waals surface area contributed by atoms with Crippen LogP contribution in [0.1, 0.15) is 0 Å². The number of carbonyl (C=O) groups excluding carboxylic acids is 1. The molecule has 0 unspecified atom stereocenters. The topological polar surface area (TPSA) is 29.5 Å². The summed E-state index contributed by atoms with van der Waals surface area (Å²) in [5, 5.41) is 0. The van der Waals surface area contributed by atoms with Crippen LogP contribution in [-0.4, -0.2) is 63.2 Å². The number of allylic oxidation sites excluding steroid dienone is 2. The van der Waals surface area contributed by atoms with Gasteiger partial charge < -0.3 is 62.1 Å². The quantitative estimate of drug-likeness (QED) is 0.229. The van der Waals surface area contributed by atoms with Crippen molar-refractivity contribution in [1.82, 2.24) is 4.90 Å². The Labute approximate surface area is 144 Å². The molecular formula is C12H21I2N2O2-. The highest BCUT2D eigenvalue weighted by Gasteiger charge is 2.15. The van der Waals surface area contributed by atoms with Crippen LogP contribution in [0.25, 0.3) is 0 Å². The zero-order valence-electron chi connectivity index (χ0n) is 11.3. The number of ether oxygens (including phenoxy) is 1. The minimum absolute atomic E-state index is 0. The van der Waals surface area contributed by atoms with Crippen molar-refractivity contribution in [2.45, 2.75) is 0 Å². The van der Waals surface area contributed by atoms with E-state index in [0.717, 1.165) is 11.0 Å². The van der Waals surface area contributed by atoms with Gasteiger partial charge in [0.1, 0.15) is 13.2 Å². The van der Waals surface area contributed by atoms with Crippen LogP contribution in [0.2, 0.25) is 0 Å². The monoisotopic (exact) mass is 479 g/mol. The van der Waals surface area contributed by atoms with Crippen molar-refractivity contribution < 1.29 is 62.0 Å². The lowest BCUT2D eigenvalue weighted by atomic mass is 10.2. The molecule has 18 heavy (non-hydrogen) atoms. The Morgan fingerprint density at radius 1 is 1.39 bits per heavy atom. The molecule has 0 aromatic rings. The Bertz CT molecular complexity index is 323. The summed E-state index contributed by atoms with van der Waals surface area (Å²) in [5.74, 6) is -0.204. The van der Waals surface area contributed by atoms with Gasteiger partial charge in [-0.3, -0.25) is 0 Å². The number of quaternary nitrogens is 1. The lowest BCUT2D eigenvalue weighted by Gasteiger charge is -2.24. The van der Waals surface area contributed by atoms with E-state index >= 15 is 0 Å². The highest BCUT2D eigenvalue weighted by atomic mass is 127. The van der Waals surface area contributed by atoms with Crippen LogP contribution in [0.5, 0.6) is 0 Å². The number of nitrogens with zero attached hydrogens (tertiary/aromatic N) is 2. The first-order valence-electron chi connectivity index (χ1n) is 5.44. The van der Waals surface area contributed by atoms with Crippen molar-refractivity contribution in [3.05, 3.63) is 23.9 Å². The lowest BCUT2D eigenvalue weighted by Crippen LogP contribution is -3.00. The number of hydrogen-bond acceptors (Lipinski definition) is 3. The second-order valence-corrected chi connectivity index (χ2v) is 5.10. The van der Waals surface area contributed by atoms with Crippen molar-refractivity contribution in [2.75, 3.05) is 47.9 Å². The predicted molar refractivity (Wildman–Crippen MR) is 63.7 cm³/mol. The molecule has 0 radical (unpaired) electrons. The number of carbonyl (C=O) groups is 1. The molecule has 1 heterocycles. The second kappa shape index (κ2) is 9.13. The normalized spacial score (nSPS) is 14.2. The van der Waals surface area contributed by atoms with Crippen molar-refractivity contribution >= 4 is 5.97 Å². The van der Waals surface area contributed by atoms with E-state index in [2.05, 4.69) is 21.1 Å². The number of hydrogen-bond donors (Lipinski definition) is 0. The van der Waals surface area contributed by atoms with Gasteiger partial charge in [-0.15, -0.1) is 0 Å². The van der Waals surface area contributed by atoms with Gasteiger partial charge in [-0.1, -0.05) is 0 Å². The molecule has 0 bridgehead atoms. The summed E-state index contributed by atoms with van der Waals surface area (Å²) in [6.45, 7) is 1.91. The van der Waals surface area contributed by atoms with Gasteiger partial charge in [0.2, 0.25) is 0 Å². The van der Waals surface area contributed by atoms with Crippen molar-refractivity contribution in [3.63, 3.8) is 0 Å². The fourth-order valence-electron chi connectivity index (χ4n) is 1.32. The molecule has 106 valence electrons. The van der Waals surface area contributed by atoms with Crippen LogP contribution in [0.4, 0.5) is 0 Å². The van der Waals surface area contributed by atoms with E-state index in [1.807, 2.05) is 30.3 Å². The molecule has 0 saturated heterocycles. The van der Waals surface area contributed by atoms with E-state index < -0.39 is 0 Å². The summed E-state index contributed by atoms with van der Waals surface area (Å²) >= 11 is 0.